The molecule has 0 heterocycles. The summed E-state index contributed by atoms with van der Waals surface area (Å²) in [6, 6.07) is 12.1. The number of nitrogens with zero attached hydrogens (tertiary/aromatic N) is 3. The van der Waals surface area contributed by atoms with Crippen LogP contribution in [0.3, 0.4) is 0 Å². The van der Waals surface area contributed by atoms with Gasteiger partial charge in [0.1, 0.15) is 11.5 Å². The molecule has 2 N–H and O–H groups in total. The number of hydrogen-bond acceptors (Lipinski definition) is 4. The molecule has 0 fully saturated rings. The maximum absolute atomic E-state index is 11.6. The molecule has 0 spiro atoms. The number of hydrogen-bond donors (Lipinski definition) is 2. The predicted molar refractivity (Wildman–Crippen MR) is 67.2 cm³/mol. The molecule has 19 heavy (non-hydrogen) atoms. The van der Waals surface area contributed by atoms with E-state index in [2.05, 4.69) is 15.1 Å². The van der Waals surface area contributed by atoms with Gasteiger partial charge in [-0.15, -0.1) is 0 Å². The lowest BCUT2D eigenvalue weighted by Crippen LogP contribution is -1.94. The largest absolute Gasteiger partial charge is 0.508 e. The van der Waals surface area contributed by atoms with Gasteiger partial charge in [0.05, 0.1) is 5.56 Å². The molecule has 0 bridgehead atoms. The average molecular weight is 256 g/mol. The minimum atomic E-state index is -0.693. The fourth-order valence-electron chi connectivity index (χ4n) is 1.38. The second-order valence-electron chi connectivity index (χ2n) is 3.63. The van der Waals surface area contributed by atoms with Gasteiger partial charge in [0, 0.05) is 6.07 Å². The summed E-state index contributed by atoms with van der Waals surface area (Å²) in [5.74, 6) is -0.811. The van der Waals surface area contributed by atoms with Gasteiger partial charge >= 0.3 is 5.91 Å². The minimum Gasteiger partial charge on any atom is -0.508 e. The van der Waals surface area contributed by atoms with E-state index in [1.54, 1.807) is 24.3 Å². The van der Waals surface area contributed by atoms with Gasteiger partial charge in [-0.25, -0.2) is 0 Å². The highest BCUT2D eigenvalue weighted by atomic mass is 16.3. The Morgan fingerprint density at radius 2 is 1.84 bits per heavy atom. The van der Waals surface area contributed by atoms with Crippen LogP contribution in [0.15, 0.2) is 58.8 Å². The van der Waals surface area contributed by atoms with Crippen LogP contribution < -0.4 is 4.91 Å². The lowest BCUT2D eigenvalue weighted by atomic mass is 10.2. The lowest BCUT2D eigenvalue weighted by molar-refractivity contribution is 0.0990. The molecule has 0 aliphatic heterocycles. The Bertz CT molecular complexity index is 676. The molecule has 6 nitrogen and oxygen atoms in total. The Morgan fingerprint density at radius 1 is 1.05 bits per heavy atom. The van der Waals surface area contributed by atoms with Gasteiger partial charge in [-0.3, -0.25) is 4.79 Å². The number of rotatable bonds is 2. The Morgan fingerprint density at radius 3 is 2.58 bits per heavy atom. The highest BCUT2D eigenvalue weighted by molar-refractivity contribution is 5.96. The molecule has 0 aliphatic rings. The summed E-state index contributed by atoms with van der Waals surface area (Å²) in [6.45, 7) is 0. The number of carbonyl (C=O) groups excluding carboxylic acids is 1. The van der Waals surface area contributed by atoms with Crippen LogP contribution >= 0.6 is 0 Å². The molecule has 0 unspecified atom stereocenters. The fraction of sp³-hybridized carbons (Fsp3) is 0. The molecular formula is C13H10N3O3+. The van der Waals surface area contributed by atoms with Gasteiger partial charge in [-0.2, -0.15) is 0 Å². The van der Waals surface area contributed by atoms with Crippen molar-refractivity contribution < 1.29 is 15.0 Å². The zero-order chi connectivity index (χ0) is 13.7. The van der Waals surface area contributed by atoms with Crippen LogP contribution in [-0.2, 0) is 0 Å². The van der Waals surface area contributed by atoms with E-state index in [9.17, 15) is 15.0 Å². The van der Waals surface area contributed by atoms with E-state index in [-0.39, 0.29) is 17.1 Å². The maximum atomic E-state index is 11.6. The van der Waals surface area contributed by atoms with Crippen molar-refractivity contribution in [3.05, 3.63) is 54.1 Å². The van der Waals surface area contributed by atoms with Crippen LogP contribution in [-0.4, -0.2) is 16.1 Å². The van der Waals surface area contributed by atoms with E-state index in [0.29, 0.717) is 5.69 Å². The first-order valence-corrected chi connectivity index (χ1v) is 5.40. The Labute approximate surface area is 108 Å². The standard InChI is InChI=1S/C13H9N3O3/c17-10-5-3-4-9(8-10)14-16-15-13(19)11-6-1-2-7-12(11)18/h1-8H,(H-,17,18,19)/p+1. The molecule has 2 aromatic carbocycles. The molecular weight excluding hydrogens is 246 g/mol. The van der Waals surface area contributed by atoms with E-state index in [1.165, 1.54) is 24.3 Å². The first-order chi connectivity index (χ1) is 9.16. The quantitative estimate of drug-likeness (QED) is 0.638. The second kappa shape index (κ2) is 5.57. The zero-order valence-electron chi connectivity index (χ0n) is 9.76. The maximum Gasteiger partial charge on any atom is 0.364 e. The van der Waals surface area contributed by atoms with Crippen molar-refractivity contribution in [3.63, 3.8) is 0 Å². The van der Waals surface area contributed by atoms with Crippen LogP contribution in [0.4, 0.5) is 5.69 Å². The van der Waals surface area contributed by atoms with Gasteiger partial charge in [0.15, 0.2) is 10.8 Å². The molecule has 0 aromatic heterocycles. The first-order valence-electron chi connectivity index (χ1n) is 5.40. The van der Waals surface area contributed by atoms with E-state index in [1.807, 2.05) is 0 Å². The normalized spacial score (nSPS) is 9.47. The van der Waals surface area contributed by atoms with Crippen LogP contribution in [0.2, 0.25) is 0 Å². The van der Waals surface area contributed by atoms with E-state index in [0.717, 1.165) is 0 Å². The molecule has 6 heteroatoms. The summed E-state index contributed by atoms with van der Waals surface area (Å²) in [5.41, 5.74) is 0.422. The van der Waals surface area contributed by atoms with E-state index >= 15 is 0 Å². The van der Waals surface area contributed by atoms with E-state index in [4.69, 9.17) is 0 Å². The smallest absolute Gasteiger partial charge is 0.364 e. The molecule has 0 aliphatic carbocycles. The third kappa shape index (κ3) is 3.24. The number of phenols is 2. The summed E-state index contributed by atoms with van der Waals surface area (Å²) < 4.78 is 0. The average Bonchev–Trinajstić information content (AvgIpc) is 2.39. The molecule has 2 rings (SSSR count). The Kier molecular flexibility index (Phi) is 3.66. The highest BCUT2D eigenvalue weighted by Gasteiger charge is 2.13. The molecule has 2 aromatic rings. The minimum absolute atomic E-state index is 0.0449. The summed E-state index contributed by atoms with van der Waals surface area (Å²) in [5, 5.41) is 25.7. The van der Waals surface area contributed by atoms with Crippen molar-refractivity contribution in [2.75, 3.05) is 0 Å². The number of aromatic hydroxyl groups is 2. The molecule has 1 amide bonds. The number of amides is 1. The highest BCUT2D eigenvalue weighted by Crippen LogP contribution is 2.18. The zero-order valence-corrected chi connectivity index (χ0v) is 9.76. The van der Waals surface area contributed by atoms with Gasteiger partial charge < -0.3 is 10.2 Å². The molecule has 0 atom stereocenters. The van der Waals surface area contributed by atoms with Crippen molar-refractivity contribution in [1.82, 2.24) is 4.91 Å². The molecule has 0 saturated heterocycles. The number of para-hydroxylation sites is 1. The predicted octanol–water partition coefficient (Wildman–Crippen LogP) is 2.54. The molecule has 0 radical (unpaired) electrons. The number of benzene rings is 2. The van der Waals surface area contributed by atoms with Crippen molar-refractivity contribution in [1.29, 1.82) is 0 Å². The van der Waals surface area contributed by atoms with Gasteiger partial charge in [0.25, 0.3) is 0 Å². The second-order valence-corrected chi connectivity index (χ2v) is 3.63. The van der Waals surface area contributed by atoms with Crippen molar-refractivity contribution in [2.24, 2.45) is 10.2 Å². The lowest BCUT2D eigenvalue weighted by Gasteiger charge is -1.93. The fourth-order valence-corrected chi connectivity index (χ4v) is 1.38. The Balaban J connectivity index is 2.19. The van der Waals surface area contributed by atoms with Crippen molar-refractivity contribution >= 4 is 11.6 Å². The Hall–Kier alpha value is -2.98. The van der Waals surface area contributed by atoms with Gasteiger partial charge in [0.2, 0.25) is 10.0 Å². The van der Waals surface area contributed by atoms with Gasteiger partial charge in [-0.05, 0) is 24.3 Å². The third-order valence-corrected chi connectivity index (χ3v) is 2.26. The van der Waals surface area contributed by atoms with E-state index < -0.39 is 5.91 Å². The monoisotopic (exact) mass is 256 g/mol. The van der Waals surface area contributed by atoms with Crippen LogP contribution in [0.5, 0.6) is 11.5 Å². The topological polar surface area (TPSA) is 96.4 Å². The molecule has 94 valence electrons. The molecule has 0 saturated carbocycles. The summed E-state index contributed by atoms with van der Waals surface area (Å²) in [7, 11) is 0. The van der Waals surface area contributed by atoms with Crippen LogP contribution in [0, 0.1) is 0 Å². The van der Waals surface area contributed by atoms with Crippen molar-refractivity contribution in [2.45, 2.75) is 0 Å². The number of carbonyl (C=O) groups is 1. The van der Waals surface area contributed by atoms with Crippen LogP contribution in [0.1, 0.15) is 10.4 Å². The summed E-state index contributed by atoms with van der Waals surface area (Å²) in [4.78, 5) is 15.0. The first kappa shape index (κ1) is 12.5. The third-order valence-electron chi connectivity index (χ3n) is 2.26. The summed E-state index contributed by atoms with van der Waals surface area (Å²) in [6.07, 6.45) is 0. The van der Waals surface area contributed by atoms with Gasteiger partial charge in [-0.1, -0.05) is 18.2 Å². The summed E-state index contributed by atoms with van der Waals surface area (Å²) >= 11 is 0. The SMILES string of the molecule is O=C(N=[N+]=Nc1cccc(O)c1)c1ccccc1O. The number of phenolic OH excluding ortho intramolecular Hbond substituents is 2. The van der Waals surface area contributed by atoms with Crippen molar-refractivity contribution in [3.8, 4) is 11.5 Å². The van der Waals surface area contributed by atoms with Crippen LogP contribution in [0.25, 0.3) is 0 Å².